The Bertz CT molecular complexity index is 535. The van der Waals surface area contributed by atoms with E-state index in [1.165, 1.54) is 27.8 Å². The van der Waals surface area contributed by atoms with Gasteiger partial charge in [0.25, 0.3) is 0 Å². The number of carbonyl (C=O) groups excluding carboxylic acids is 2. The van der Waals surface area contributed by atoms with Crippen molar-refractivity contribution in [2.24, 2.45) is 0 Å². The van der Waals surface area contributed by atoms with Crippen molar-refractivity contribution >= 4 is 23.5 Å². The van der Waals surface area contributed by atoms with Crippen LogP contribution in [0.4, 0.5) is 10.5 Å². The van der Waals surface area contributed by atoms with Crippen molar-refractivity contribution in [1.29, 1.82) is 0 Å². The van der Waals surface area contributed by atoms with E-state index >= 15 is 0 Å². The van der Waals surface area contributed by atoms with Crippen LogP contribution in [0.3, 0.4) is 0 Å². The molecule has 1 aromatic rings. The third-order valence-corrected chi connectivity index (χ3v) is 3.21. The minimum absolute atomic E-state index is 0.0630. The van der Waals surface area contributed by atoms with E-state index in [0.29, 0.717) is 11.3 Å². The van der Waals surface area contributed by atoms with Crippen LogP contribution in [-0.2, 0) is 4.79 Å². The number of rotatable bonds is 4. The highest BCUT2D eigenvalue weighted by atomic mass is 16.4. The maximum absolute atomic E-state index is 12.0. The van der Waals surface area contributed by atoms with Gasteiger partial charge in [0, 0.05) is 18.3 Å². The highest BCUT2D eigenvalue weighted by Gasteiger charge is 2.35. The van der Waals surface area contributed by atoms with Gasteiger partial charge in [-0.25, -0.2) is 9.59 Å². The smallest absolute Gasteiger partial charge is 0.329 e. The lowest BCUT2D eigenvalue weighted by Crippen LogP contribution is -2.52. The van der Waals surface area contributed by atoms with E-state index in [1.54, 1.807) is 24.3 Å². The highest BCUT2D eigenvalue weighted by molar-refractivity contribution is 5.96. The van der Waals surface area contributed by atoms with Crippen LogP contribution in [0.15, 0.2) is 24.3 Å². The molecular formula is C14H18N2O4. The first-order valence-electron chi connectivity index (χ1n) is 6.05. The van der Waals surface area contributed by atoms with Gasteiger partial charge in [-0.15, -0.1) is 0 Å². The van der Waals surface area contributed by atoms with Gasteiger partial charge < -0.3 is 15.3 Å². The molecule has 6 heteroatoms. The molecule has 0 unspecified atom stereocenters. The molecular weight excluding hydrogens is 260 g/mol. The molecule has 0 aliphatic carbocycles. The van der Waals surface area contributed by atoms with E-state index in [9.17, 15) is 14.4 Å². The first-order valence-corrected chi connectivity index (χ1v) is 6.05. The zero-order valence-corrected chi connectivity index (χ0v) is 11.9. The van der Waals surface area contributed by atoms with E-state index in [-0.39, 0.29) is 5.78 Å². The minimum atomic E-state index is -1.32. The molecule has 0 atom stereocenters. The van der Waals surface area contributed by atoms with Gasteiger partial charge in [0.1, 0.15) is 5.54 Å². The average molecular weight is 278 g/mol. The van der Waals surface area contributed by atoms with Gasteiger partial charge in [0.05, 0.1) is 0 Å². The van der Waals surface area contributed by atoms with Crippen LogP contribution in [0.5, 0.6) is 0 Å². The molecule has 0 aliphatic rings. The zero-order chi connectivity index (χ0) is 15.5. The fourth-order valence-corrected chi connectivity index (χ4v) is 1.39. The monoisotopic (exact) mass is 278 g/mol. The topological polar surface area (TPSA) is 86.7 Å². The Morgan fingerprint density at radius 2 is 1.65 bits per heavy atom. The van der Waals surface area contributed by atoms with Crippen LogP contribution < -0.4 is 5.32 Å². The van der Waals surface area contributed by atoms with Crippen molar-refractivity contribution in [3.8, 4) is 0 Å². The number of benzene rings is 1. The molecule has 0 heterocycles. The summed E-state index contributed by atoms with van der Waals surface area (Å²) in [7, 11) is 1.41. The third kappa shape index (κ3) is 3.34. The van der Waals surface area contributed by atoms with Gasteiger partial charge in [-0.3, -0.25) is 4.79 Å². The van der Waals surface area contributed by atoms with Crippen molar-refractivity contribution in [3.05, 3.63) is 29.8 Å². The summed E-state index contributed by atoms with van der Waals surface area (Å²) >= 11 is 0. The predicted octanol–water partition coefficient (Wildman–Crippen LogP) is 2.22. The molecule has 0 bridgehead atoms. The average Bonchev–Trinajstić information content (AvgIpc) is 2.38. The Balaban J connectivity index is 2.80. The quantitative estimate of drug-likeness (QED) is 0.827. The lowest BCUT2D eigenvalue weighted by Gasteiger charge is -2.31. The highest BCUT2D eigenvalue weighted by Crippen LogP contribution is 2.16. The summed E-state index contributed by atoms with van der Waals surface area (Å²) in [5, 5.41) is 11.6. The fraction of sp³-hybridized carbons (Fsp3) is 0.357. The molecule has 108 valence electrons. The summed E-state index contributed by atoms with van der Waals surface area (Å²) in [6.45, 7) is 4.33. The van der Waals surface area contributed by atoms with Crippen molar-refractivity contribution in [2.45, 2.75) is 26.3 Å². The molecule has 2 amide bonds. The molecule has 0 aromatic heterocycles. The summed E-state index contributed by atoms with van der Waals surface area (Å²) in [4.78, 5) is 35.3. The summed E-state index contributed by atoms with van der Waals surface area (Å²) in [6.07, 6.45) is 0. The van der Waals surface area contributed by atoms with E-state index in [1.807, 2.05) is 0 Å². The summed E-state index contributed by atoms with van der Waals surface area (Å²) < 4.78 is 0. The van der Waals surface area contributed by atoms with Crippen LogP contribution in [0.2, 0.25) is 0 Å². The Morgan fingerprint density at radius 3 is 2.05 bits per heavy atom. The fourth-order valence-electron chi connectivity index (χ4n) is 1.39. The standard InChI is InChI=1S/C14H18N2O4/c1-9(17)10-5-7-11(8-6-10)15-13(20)16(4)14(2,3)12(18)19/h5-8H,1-4H3,(H,15,20)(H,18,19). The lowest BCUT2D eigenvalue weighted by molar-refractivity contribution is -0.146. The molecule has 0 radical (unpaired) electrons. The predicted molar refractivity (Wildman–Crippen MR) is 74.9 cm³/mol. The van der Waals surface area contributed by atoms with Crippen LogP contribution in [0.1, 0.15) is 31.1 Å². The van der Waals surface area contributed by atoms with E-state index in [0.717, 1.165) is 4.90 Å². The van der Waals surface area contributed by atoms with Gasteiger partial charge in [-0.05, 0) is 45.0 Å². The van der Waals surface area contributed by atoms with Crippen LogP contribution in [-0.4, -0.2) is 40.4 Å². The molecule has 2 N–H and O–H groups in total. The van der Waals surface area contributed by atoms with E-state index < -0.39 is 17.5 Å². The van der Waals surface area contributed by atoms with Crippen molar-refractivity contribution < 1.29 is 19.5 Å². The Kier molecular flexibility index (Phi) is 4.49. The second-order valence-electron chi connectivity index (χ2n) is 4.99. The van der Waals surface area contributed by atoms with Crippen molar-refractivity contribution in [2.75, 3.05) is 12.4 Å². The zero-order valence-electron chi connectivity index (χ0n) is 11.9. The third-order valence-electron chi connectivity index (χ3n) is 3.21. The number of carboxylic acids is 1. The molecule has 0 spiro atoms. The number of nitrogens with one attached hydrogen (secondary N) is 1. The number of aliphatic carboxylic acids is 1. The van der Waals surface area contributed by atoms with E-state index in [4.69, 9.17) is 5.11 Å². The number of nitrogens with zero attached hydrogens (tertiary/aromatic N) is 1. The largest absolute Gasteiger partial charge is 0.480 e. The van der Waals surface area contributed by atoms with Crippen molar-refractivity contribution in [1.82, 2.24) is 4.90 Å². The number of likely N-dealkylation sites (N-methyl/N-ethyl adjacent to an activating group) is 1. The van der Waals surface area contributed by atoms with E-state index in [2.05, 4.69) is 5.32 Å². The second-order valence-corrected chi connectivity index (χ2v) is 4.99. The van der Waals surface area contributed by atoms with Crippen LogP contribution in [0, 0.1) is 0 Å². The lowest BCUT2D eigenvalue weighted by atomic mass is 10.0. The van der Waals surface area contributed by atoms with Gasteiger partial charge in [-0.2, -0.15) is 0 Å². The number of urea groups is 1. The first kappa shape index (κ1) is 15.7. The minimum Gasteiger partial charge on any atom is -0.480 e. The Labute approximate surface area is 117 Å². The van der Waals surface area contributed by atoms with Crippen molar-refractivity contribution in [3.63, 3.8) is 0 Å². The van der Waals surface area contributed by atoms with Gasteiger partial charge in [-0.1, -0.05) is 0 Å². The molecule has 0 saturated carbocycles. The maximum atomic E-state index is 12.0. The Morgan fingerprint density at radius 1 is 1.15 bits per heavy atom. The SMILES string of the molecule is CC(=O)c1ccc(NC(=O)N(C)C(C)(C)C(=O)O)cc1. The number of anilines is 1. The maximum Gasteiger partial charge on any atom is 0.329 e. The Hall–Kier alpha value is -2.37. The van der Waals surface area contributed by atoms with Gasteiger partial charge >= 0.3 is 12.0 Å². The number of amides is 2. The molecule has 6 nitrogen and oxygen atoms in total. The summed E-state index contributed by atoms with van der Waals surface area (Å²) in [5.74, 6) is -1.16. The summed E-state index contributed by atoms with van der Waals surface area (Å²) in [5.41, 5.74) is -0.279. The van der Waals surface area contributed by atoms with Gasteiger partial charge in [0.15, 0.2) is 5.78 Å². The van der Waals surface area contributed by atoms with Crippen LogP contribution >= 0.6 is 0 Å². The molecule has 1 rings (SSSR count). The first-order chi connectivity index (χ1) is 9.16. The molecule has 1 aromatic carbocycles. The molecule has 0 fully saturated rings. The number of hydrogen-bond donors (Lipinski definition) is 2. The van der Waals surface area contributed by atoms with Gasteiger partial charge in [0.2, 0.25) is 0 Å². The molecule has 0 saturated heterocycles. The number of carboxylic acid groups (broad SMARTS) is 1. The molecule has 0 aliphatic heterocycles. The number of ketones is 1. The molecule has 20 heavy (non-hydrogen) atoms. The number of Topliss-reactive ketones (excluding diaryl/α,β-unsaturated/α-hetero) is 1. The number of carbonyl (C=O) groups is 3. The summed E-state index contributed by atoms with van der Waals surface area (Å²) in [6, 6.07) is 5.85. The normalized spacial score (nSPS) is 10.8. The number of hydrogen-bond acceptors (Lipinski definition) is 3. The second kappa shape index (κ2) is 5.73. The van der Waals surface area contributed by atoms with Crippen LogP contribution in [0.25, 0.3) is 0 Å².